The number of hydrogen-bond acceptors (Lipinski definition) is 4. The van der Waals surface area contributed by atoms with Crippen LogP contribution in [0.15, 0.2) is 24.3 Å². The maximum absolute atomic E-state index is 11.9. The van der Waals surface area contributed by atoms with Gasteiger partial charge in [-0.3, -0.25) is 4.79 Å². The molecule has 0 amide bonds. The summed E-state index contributed by atoms with van der Waals surface area (Å²) in [6.07, 6.45) is 0.649. The molecule has 4 heteroatoms. The van der Waals surface area contributed by atoms with Gasteiger partial charge < -0.3 is 9.47 Å². The van der Waals surface area contributed by atoms with Gasteiger partial charge in [-0.25, -0.2) is 4.79 Å². The lowest BCUT2D eigenvalue weighted by molar-refractivity contribution is 0.00962. The third-order valence-electron chi connectivity index (χ3n) is 2.72. The number of hydrogen-bond donors (Lipinski definition) is 0. The smallest absolute Gasteiger partial charge is 0.338 e. The highest BCUT2D eigenvalue weighted by molar-refractivity contribution is 6.05. The van der Waals surface area contributed by atoms with Crippen molar-refractivity contribution in [3.8, 4) is 0 Å². The monoisotopic (exact) mass is 250 g/mol. The lowest BCUT2D eigenvalue weighted by atomic mass is 10.0. The molecule has 0 spiro atoms. The quantitative estimate of drug-likeness (QED) is 0.575. The number of rotatable bonds is 6. The second-order valence-corrected chi connectivity index (χ2v) is 3.97. The standard InChI is InChI=1S/C14H18O4/c1-4-11(17-3)9-18-14(16)13-8-6-5-7-12(13)10(2)15/h5-8,11H,4,9H2,1-3H3. The molecule has 18 heavy (non-hydrogen) atoms. The van der Waals surface area contributed by atoms with Crippen molar-refractivity contribution in [3.63, 3.8) is 0 Å². The second-order valence-electron chi connectivity index (χ2n) is 3.97. The number of ketones is 1. The summed E-state index contributed by atoms with van der Waals surface area (Å²) in [5, 5.41) is 0. The van der Waals surface area contributed by atoms with Gasteiger partial charge in [-0.1, -0.05) is 25.1 Å². The summed E-state index contributed by atoms with van der Waals surface area (Å²) in [7, 11) is 1.57. The van der Waals surface area contributed by atoms with Gasteiger partial charge in [0.2, 0.25) is 0 Å². The van der Waals surface area contributed by atoms with Gasteiger partial charge in [0.1, 0.15) is 6.61 Å². The van der Waals surface area contributed by atoms with Crippen molar-refractivity contribution < 1.29 is 19.1 Å². The molecule has 0 saturated heterocycles. The van der Waals surface area contributed by atoms with E-state index in [0.717, 1.165) is 6.42 Å². The average Bonchev–Trinajstić information content (AvgIpc) is 2.39. The number of carbonyl (C=O) groups excluding carboxylic acids is 2. The molecule has 0 fully saturated rings. The van der Waals surface area contributed by atoms with Crippen molar-refractivity contribution >= 4 is 11.8 Å². The zero-order chi connectivity index (χ0) is 13.5. The summed E-state index contributed by atoms with van der Waals surface area (Å²) in [6, 6.07) is 6.63. The zero-order valence-electron chi connectivity index (χ0n) is 10.9. The molecule has 0 N–H and O–H groups in total. The third-order valence-corrected chi connectivity index (χ3v) is 2.72. The lowest BCUT2D eigenvalue weighted by Gasteiger charge is -2.13. The van der Waals surface area contributed by atoms with Crippen LogP contribution in [0.1, 0.15) is 41.0 Å². The van der Waals surface area contributed by atoms with Crippen LogP contribution >= 0.6 is 0 Å². The van der Waals surface area contributed by atoms with E-state index in [4.69, 9.17) is 9.47 Å². The summed E-state index contributed by atoms with van der Waals surface area (Å²) in [5.74, 6) is -0.641. The minimum absolute atomic E-state index is 0.113. The molecular formula is C14H18O4. The Morgan fingerprint density at radius 1 is 1.22 bits per heavy atom. The van der Waals surface area contributed by atoms with Gasteiger partial charge in [-0.2, -0.15) is 0 Å². The summed E-state index contributed by atoms with van der Waals surface area (Å²) in [4.78, 5) is 23.3. The highest BCUT2D eigenvalue weighted by atomic mass is 16.6. The number of benzene rings is 1. The van der Waals surface area contributed by atoms with E-state index in [2.05, 4.69) is 0 Å². The number of carbonyl (C=O) groups is 2. The van der Waals surface area contributed by atoms with Crippen molar-refractivity contribution in [1.82, 2.24) is 0 Å². The van der Waals surface area contributed by atoms with Crippen LogP contribution in [-0.2, 0) is 9.47 Å². The number of methoxy groups -OCH3 is 1. The van der Waals surface area contributed by atoms with E-state index in [1.54, 1.807) is 31.4 Å². The number of esters is 1. The molecule has 1 rings (SSSR count). The van der Waals surface area contributed by atoms with Crippen LogP contribution in [0, 0.1) is 0 Å². The topological polar surface area (TPSA) is 52.6 Å². The van der Waals surface area contributed by atoms with Gasteiger partial charge in [-0.15, -0.1) is 0 Å². The third kappa shape index (κ3) is 3.67. The van der Waals surface area contributed by atoms with Crippen molar-refractivity contribution in [2.45, 2.75) is 26.4 Å². The molecular weight excluding hydrogens is 232 g/mol. The molecule has 0 aliphatic heterocycles. The first kappa shape index (κ1) is 14.4. The Hall–Kier alpha value is -1.68. The maximum atomic E-state index is 11.9. The Labute approximate surface area is 107 Å². The first-order valence-electron chi connectivity index (χ1n) is 5.90. The summed E-state index contributed by atoms with van der Waals surface area (Å²) >= 11 is 0. The molecule has 0 bridgehead atoms. The molecule has 0 radical (unpaired) electrons. The molecule has 1 aromatic rings. The molecule has 0 aliphatic rings. The molecule has 98 valence electrons. The summed E-state index contributed by atoms with van der Waals surface area (Å²) in [6.45, 7) is 3.57. The molecule has 1 unspecified atom stereocenters. The van der Waals surface area contributed by atoms with Gasteiger partial charge in [-0.05, 0) is 19.4 Å². The molecule has 0 heterocycles. The van der Waals surface area contributed by atoms with E-state index < -0.39 is 5.97 Å². The predicted octanol–water partition coefficient (Wildman–Crippen LogP) is 2.47. The van der Waals surface area contributed by atoms with Crippen molar-refractivity contribution in [3.05, 3.63) is 35.4 Å². The predicted molar refractivity (Wildman–Crippen MR) is 67.8 cm³/mol. The van der Waals surface area contributed by atoms with Gasteiger partial charge in [0.15, 0.2) is 5.78 Å². The fourth-order valence-corrected chi connectivity index (χ4v) is 1.57. The summed E-state index contributed by atoms with van der Waals surface area (Å²) in [5.41, 5.74) is 0.684. The minimum Gasteiger partial charge on any atom is -0.459 e. The Bertz CT molecular complexity index is 422. The van der Waals surface area contributed by atoms with E-state index >= 15 is 0 Å². The Morgan fingerprint density at radius 2 is 1.83 bits per heavy atom. The van der Waals surface area contributed by atoms with E-state index in [0.29, 0.717) is 11.1 Å². The normalized spacial score (nSPS) is 11.9. The van der Waals surface area contributed by atoms with Crippen molar-refractivity contribution in [1.29, 1.82) is 0 Å². The van der Waals surface area contributed by atoms with Crippen LogP contribution in [0.3, 0.4) is 0 Å². The largest absolute Gasteiger partial charge is 0.459 e. The van der Waals surface area contributed by atoms with Gasteiger partial charge >= 0.3 is 5.97 Å². The molecule has 1 atom stereocenters. The van der Waals surface area contributed by atoms with Gasteiger partial charge in [0, 0.05) is 12.7 Å². The lowest BCUT2D eigenvalue weighted by Crippen LogP contribution is -2.21. The van der Waals surface area contributed by atoms with Crippen LogP contribution < -0.4 is 0 Å². The Kier molecular flexibility index (Phi) is 5.52. The van der Waals surface area contributed by atoms with Crippen LogP contribution in [0.25, 0.3) is 0 Å². The second kappa shape index (κ2) is 6.91. The fraction of sp³-hybridized carbons (Fsp3) is 0.429. The highest BCUT2D eigenvalue weighted by Gasteiger charge is 2.16. The molecule has 0 saturated carbocycles. The average molecular weight is 250 g/mol. The van der Waals surface area contributed by atoms with E-state index in [1.165, 1.54) is 6.92 Å². The molecule has 0 aromatic heterocycles. The maximum Gasteiger partial charge on any atom is 0.338 e. The Morgan fingerprint density at radius 3 is 2.33 bits per heavy atom. The first-order valence-corrected chi connectivity index (χ1v) is 5.90. The van der Waals surface area contributed by atoms with Crippen LogP contribution in [-0.4, -0.2) is 31.6 Å². The molecule has 1 aromatic carbocycles. The molecule has 4 nitrogen and oxygen atoms in total. The number of ether oxygens (including phenoxy) is 2. The van der Waals surface area contributed by atoms with Crippen LogP contribution in [0.4, 0.5) is 0 Å². The number of Topliss-reactive ketones (excluding diaryl/α,β-unsaturated/α-hetero) is 1. The van der Waals surface area contributed by atoms with Gasteiger partial charge in [0.05, 0.1) is 11.7 Å². The highest BCUT2D eigenvalue weighted by Crippen LogP contribution is 2.11. The van der Waals surface area contributed by atoms with E-state index in [9.17, 15) is 9.59 Å². The fourth-order valence-electron chi connectivity index (χ4n) is 1.57. The van der Waals surface area contributed by atoms with E-state index in [-0.39, 0.29) is 18.5 Å². The molecule has 0 aliphatic carbocycles. The minimum atomic E-state index is -0.490. The van der Waals surface area contributed by atoms with Crippen molar-refractivity contribution in [2.24, 2.45) is 0 Å². The summed E-state index contributed by atoms with van der Waals surface area (Å²) < 4.78 is 10.3. The van der Waals surface area contributed by atoms with Crippen LogP contribution in [0.5, 0.6) is 0 Å². The Balaban J connectivity index is 2.75. The zero-order valence-corrected chi connectivity index (χ0v) is 10.9. The first-order chi connectivity index (χ1) is 8.60. The van der Waals surface area contributed by atoms with Gasteiger partial charge in [0.25, 0.3) is 0 Å². The van der Waals surface area contributed by atoms with Crippen molar-refractivity contribution in [2.75, 3.05) is 13.7 Å². The van der Waals surface area contributed by atoms with Crippen LogP contribution in [0.2, 0.25) is 0 Å². The SMILES string of the molecule is CCC(COC(=O)c1ccccc1C(C)=O)OC. The van der Waals surface area contributed by atoms with E-state index in [1.807, 2.05) is 6.92 Å².